The quantitative estimate of drug-likeness (QED) is 0.770. The second kappa shape index (κ2) is 4.62. The van der Waals surface area contributed by atoms with Gasteiger partial charge in [-0.05, 0) is 29.8 Å². The topological polar surface area (TPSA) is 16.1 Å². The van der Waals surface area contributed by atoms with Crippen LogP contribution in [-0.4, -0.2) is 12.0 Å². The molecule has 16 heavy (non-hydrogen) atoms. The molecular formula is C14H14N2. The molecule has 80 valence electrons. The van der Waals surface area contributed by atoms with Gasteiger partial charge in [0, 0.05) is 18.9 Å². The summed E-state index contributed by atoms with van der Waals surface area (Å²) in [6.45, 7) is 3.71. The van der Waals surface area contributed by atoms with Crippen LogP contribution in [0, 0.1) is 0 Å². The summed E-state index contributed by atoms with van der Waals surface area (Å²) in [5.41, 5.74) is 2.16. The molecule has 2 heteroatoms. The predicted molar refractivity (Wildman–Crippen MR) is 68.8 cm³/mol. The average molecular weight is 210 g/mol. The molecule has 0 aliphatic heterocycles. The minimum atomic E-state index is 0.928. The van der Waals surface area contributed by atoms with Crippen molar-refractivity contribution in [3.05, 3.63) is 60.8 Å². The molecular weight excluding hydrogens is 196 g/mol. The van der Waals surface area contributed by atoms with E-state index in [0.29, 0.717) is 0 Å². The molecule has 0 spiro atoms. The van der Waals surface area contributed by atoms with Crippen molar-refractivity contribution >= 4 is 17.6 Å². The first-order valence-corrected chi connectivity index (χ1v) is 5.18. The van der Waals surface area contributed by atoms with Crippen LogP contribution in [-0.2, 0) is 0 Å². The smallest absolute Gasteiger partial charge is 0.132 e. The van der Waals surface area contributed by atoms with Crippen molar-refractivity contribution in [2.75, 3.05) is 11.9 Å². The number of pyridine rings is 1. The molecule has 1 aromatic heterocycles. The molecule has 0 aliphatic carbocycles. The van der Waals surface area contributed by atoms with E-state index in [2.05, 4.69) is 23.7 Å². The van der Waals surface area contributed by atoms with Crippen LogP contribution in [0.4, 0.5) is 11.5 Å². The number of rotatable bonds is 3. The highest BCUT2D eigenvalue weighted by atomic mass is 15.2. The normalized spacial score (nSPS) is 9.81. The maximum Gasteiger partial charge on any atom is 0.132 e. The van der Waals surface area contributed by atoms with Crippen LogP contribution in [0.3, 0.4) is 0 Å². The van der Waals surface area contributed by atoms with Crippen LogP contribution in [0.1, 0.15) is 5.56 Å². The number of anilines is 2. The molecule has 2 nitrogen and oxygen atoms in total. The third-order valence-corrected chi connectivity index (χ3v) is 2.49. The van der Waals surface area contributed by atoms with Crippen molar-refractivity contribution in [3.63, 3.8) is 0 Å². The molecule has 0 bridgehead atoms. The fourth-order valence-electron chi connectivity index (χ4n) is 1.50. The van der Waals surface area contributed by atoms with Crippen LogP contribution in [0.2, 0.25) is 0 Å². The van der Waals surface area contributed by atoms with E-state index in [1.807, 2.05) is 48.5 Å². The van der Waals surface area contributed by atoms with E-state index in [-0.39, 0.29) is 0 Å². The zero-order chi connectivity index (χ0) is 11.4. The number of hydrogen-bond acceptors (Lipinski definition) is 2. The monoisotopic (exact) mass is 210 g/mol. The molecule has 1 heterocycles. The lowest BCUT2D eigenvalue weighted by molar-refractivity contribution is 1.12. The third kappa shape index (κ3) is 2.11. The maximum absolute atomic E-state index is 4.38. The molecule has 0 aliphatic rings. The van der Waals surface area contributed by atoms with Gasteiger partial charge in [0.2, 0.25) is 0 Å². The van der Waals surface area contributed by atoms with Crippen molar-refractivity contribution in [3.8, 4) is 0 Å². The first-order chi connectivity index (χ1) is 7.81. The van der Waals surface area contributed by atoms with E-state index >= 15 is 0 Å². The van der Waals surface area contributed by atoms with Crippen molar-refractivity contribution in [2.24, 2.45) is 0 Å². The molecule has 0 saturated heterocycles. The zero-order valence-electron chi connectivity index (χ0n) is 9.30. The van der Waals surface area contributed by atoms with Gasteiger partial charge in [0.05, 0.1) is 0 Å². The molecule has 2 rings (SSSR count). The van der Waals surface area contributed by atoms with E-state index in [0.717, 1.165) is 17.1 Å². The summed E-state index contributed by atoms with van der Waals surface area (Å²) in [6.07, 6.45) is 3.61. The van der Waals surface area contributed by atoms with Crippen molar-refractivity contribution in [1.82, 2.24) is 4.98 Å². The SMILES string of the molecule is C=Cc1ccc(N(C)c2ccccc2)nc1. The Balaban J connectivity index is 2.27. The van der Waals surface area contributed by atoms with Gasteiger partial charge in [-0.3, -0.25) is 0 Å². The van der Waals surface area contributed by atoms with Gasteiger partial charge >= 0.3 is 0 Å². The fraction of sp³-hybridized carbons (Fsp3) is 0.0714. The summed E-state index contributed by atoms with van der Waals surface area (Å²) < 4.78 is 0. The molecule has 0 atom stereocenters. The van der Waals surface area contributed by atoms with Gasteiger partial charge in [-0.1, -0.05) is 30.9 Å². The van der Waals surface area contributed by atoms with Crippen LogP contribution in [0.5, 0.6) is 0 Å². The minimum absolute atomic E-state index is 0.928. The predicted octanol–water partition coefficient (Wildman–Crippen LogP) is 3.49. The van der Waals surface area contributed by atoms with Gasteiger partial charge in [-0.25, -0.2) is 4.98 Å². The molecule has 0 amide bonds. The molecule has 2 aromatic rings. The van der Waals surface area contributed by atoms with Gasteiger partial charge in [0.1, 0.15) is 5.82 Å². The molecule has 0 N–H and O–H groups in total. The van der Waals surface area contributed by atoms with Gasteiger partial charge in [-0.2, -0.15) is 0 Å². The van der Waals surface area contributed by atoms with Crippen molar-refractivity contribution in [1.29, 1.82) is 0 Å². The Kier molecular flexibility index (Phi) is 3.01. The van der Waals surface area contributed by atoms with Crippen LogP contribution in [0.15, 0.2) is 55.2 Å². The van der Waals surface area contributed by atoms with Gasteiger partial charge in [-0.15, -0.1) is 0 Å². The highest BCUT2D eigenvalue weighted by Crippen LogP contribution is 2.20. The number of para-hydroxylation sites is 1. The van der Waals surface area contributed by atoms with Crippen molar-refractivity contribution in [2.45, 2.75) is 0 Å². The maximum atomic E-state index is 4.38. The van der Waals surface area contributed by atoms with E-state index in [1.54, 1.807) is 6.08 Å². The Bertz CT molecular complexity index is 460. The first kappa shape index (κ1) is 10.4. The summed E-state index contributed by atoms with van der Waals surface area (Å²) in [5.74, 6) is 0.928. The standard InChI is InChI=1S/C14H14N2/c1-3-12-9-10-14(15-11-12)16(2)13-7-5-4-6-8-13/h3-11H,1H2,2H3. The highest BCUT2D eigenvalue weighted by Gasteiger charge is 2.03. The molecule has 0 unspecified atom stereocenters. The summed E-state index contributed by atoms with van der Waals surface area (Å²) in [5, 5.41) is 0. The van der Waals surface area contributed by atoms with Gasteiger partial charge in [0.15, 0.2) is 0 Å². The first-order valence-electron chi connectivity index (χ1n) is 5.18. The van der Waals surface area contributed by atoms with Crippen LogP contribution in [0.25, 0.3) is 6.08 Å². The van der Waals surface area contributed by atoms with Crippen LogP contribution < -0.4 is 4.90 Å². The van der Waals surface area contributed by atoms with Gasteiger partial charge in [0.25, 0.3) is 0 Å². The number of aromatic nitrogens is 1. The highest BCUT2D eigenvalue weighted by molar-refractivity contribution is 5.60. The Morgan fingerprint density at radius 1 is 1.12 bits per heavy atom. The Morgan fingerprint density at radius 2 is 1.88 bits per heavy atom. The lowest BCUT2D eigenvalue weighted by Crippen LogP contribution is -2.10. The second-order valence-corrected chi connectivity index (χ2v) is 3.55. The summed E-state index contributed by atoms with van der Waals surface area (Å²) >= 11 is 0. The number of nitrogens with zero attached hydrogens (tertiary/aromatic N) is 2. The summed E-state index contributed by atoms with van der Waals surface area (Å²) in [7, 11) is 2.01. The number of benzene rings is 1. The van der Waals surface area contributed by atoms with E-state index in [1.165, 1.54) is 0 Å². The minimum Gasteiger partial charge on any atom is -0.329 e. The van der Waals surface area contributed by atoms with E-state index < -0.39 is 0 Å². The lowest BCUT2D eigenvalue weighted by atomic mass is 10.2. The Hall–Kier alpha value is -2.09. The van der Waals surface area contributed by atoms with E-state index in [4.69, 9.17) is 0 Å². The number of hydrogen-bond donors (Lipinski definition) is 0. The fourth-order valence-corrected chi connectivity index (χ4v) is 1.50. The average Bonchev–Trinajstić information content (AvgIpc) is 2.39. The van der Waals surface area contributed by atoms with Crippen LogP contribution >= 0.6 is 0 Å². The van der Waals surface area contributed by atoms with E-state index in [9.17, 15) is 0 Å². The van der Waals surface area contributed by atoms with Crippen molar-refractivity contribution < 1.29 is 0 Å². The molecule has 0 radical (unpaired) electrons. The van der Waals surface area contributed by atoms with Gasteiger partial charge < -0.3 is 4.90 Å². The molecule has 0 fully saturated rings. The third-order valence-electron chi connectivity index (χ3n) is 2.49. The summed E-state index contributed by atoms with van der Waals surface area (Å²) in [4.78, 5) is 6.43. The molecule has 1 aromatic carbocycles. The lowest BCUT2D eigenvalue weighted by Gasteiger charge is -2.18. The largest absolute Gasteiger partial charge is 0.329 e. The zero-order valence-corrected chi connectivity index (χ0v) is 9.30. The Morgan fingerprint density at radius 3 is 2.44 bits per heavy atom. The molecule has 0 saturated carbocycles. The second-order valence-electron chi connectivity index (χ2n) is 3.55. The Labute approximate surface area is 95.9 Å². The summed E-state index contributed by atoms with van der Waals surface area (Å²) in [6, 6.07) is 14.2.